The van der Waals surface area contributed by atoms with E-state index in [9.17, 15) is 4.79 Å². The number of hydrogen-bond acceptors (Lipinski definition) is 2. The van der Waals surface area contributed by atoms with E-state index in [2.05, 4.69) is 6.20 Å². The molecular formula is C7H2Cl3N2O. The fourth-order valence-electron chi connectivity index (χ4n) is 0.668. The van der Waals surface area contributed by atoms with Gasteiger partial charge in [-0.3, -0.25) is 9.36 Å². The predicted octanol–water partition coefficient (Wildman–Crippen LogP) is 2.17. The van der Waals surface area contributed by atoms with Gasteiger partial charge in [-0.05, 0) is 6.07 Å². The Labute approximate surface area is 89.4 Å². The molecule has 1 rings (SSSR count). The molecule has 0 bridgehead atoms. The van der Waals surface area contributed by atoms with Gasteiger partial charge >= 0.3 is 0 Å². The molecule has 1 aromatic heterocycles. The second-order valence-corrected chi connectivity index (χ2v) is 4.42. The summed E-state index contributed by atoms with van der Waals surface area (Å²) in [6, 6.07) is 3.15. The summed E-state index contributed by atoms with van der Waals surface area (Å²) in [7, 11) is 0. The number of carbonyl (C=O) groups excluding carboxylic acids is 1. The third-order valence-electron chi connectivity index (χ3n) is 1.22. The van der Waals surface area contributed by atoms with Crippen LogP contribution in [0.4, 0.5) is 0 Å². The van der Waals surface area contributed by atoms with Gasteiger partial charge in [0.1, 0.15) is 6.07 Å². The average molecular weight is 236 g/mol. The van der Waals surface area contributed by atoms with Crippen molar-refractivity contribution in [1.82, 2.24) is 4.57 Å². The van der Waals surface area contributed by atoms with E-state index in [1.807, 2.05) is 6.07 Å². The summed E-state index contributed by atoms with van der Waals surface area (Å²) in [5.41, 5.74) is 0.280. The number of aromatic nitrogens is 1. The molecule has 0 spiro atoms. The number of rotatable bonds is 0. The number of nitrogens with zero attached hydrogens (tertiary/aromatic N) is 2. The summed E-state index contributed by atoms with van der Waals surface area (Å²) in [5, 5.41) is 8.44. The lowest BCUT2D eigenvalue weighted by atomic mass is 10.4. The van der Waals surface area contributed by atoms with E-state index in [1.165, 1.54) is 12.3 Å². The van der Waals surface area contributed by atoms with Crippen LogP contribution in [0.25, 0.3) is 0 Å². The Morgan fingerprint density at radius 3 is 2.62 bits per heavy atom. The summed E-state index contributed by atoms with van der Waals surface area (Å²) in [4.78, 5) is 11.2. The second kappa shape index (κ2) is 3.59. The molecule has 0 N–H and O–H groups in total. The van der Waals surface area contributed by atoms with Crippen molar-refractivity contribution < 1.29 is 4.79 Å². The van der Waals surface area contributed by atoms with Gasteiger partial charge in [0.2, 0.25) is 0 Å². The number of nitriles is 1. The predicted molar refractivity (Wildman–Crippen MR) is 48.9 cm³/mol. The molecule has 13 heavy (non-hydrogen) atoms. The highest BCUT2D eigenvalue weighted by Crippen LogP contribution is 2.28. The first-order valence-corrected chi connectivity index (χ1v) is 4.20. The molecule has 1 aromatic rings. The normalized spacial score (nSPS) is 10.9. The monoisotopic (exact) mass is 235 g/mol. The molecule has 67 valence electrons. The molecule has 6 heteroatoms. The van der Waals surface area contributed by atoms with Crippen LogP contribution < -0.4 is 0 Å². The highest BCUT2D eigenvalue weighted by Gasteiger charge is 2.31. The van der Waals surface area contributed by atoms with Gasteiger partial charge in [0.25, 0.3) is 9.70 Å². The molecular weight excluding hydrogens is 234 g/mol. The zero-order valence-corrected chi connectivity index (χ0v) is 8.36. The minimum absolute atomic E-state index is 0.280. The van der Waals surface area contributed by atoms with Crippen LogP contribution in [0, 0.1) is 17.5 Å². The molecule has 1 radical (unpaired) electrons. The van der Waals surface area contributed by atoms with Crippen LogP contribution in [0.2, 0.25) is 0 Å². The SMILES string of the molecule is N#Cc1c[c]n(C(=O)C(Cl)(Cl)Cl)c1. The number of carbonyl (C=O) groups is 1. The summed E-state index contributed by atoms with van der Waals surface area (Å²) in [6.07, 6.45) is 3.69. The molecule has 0 amide bonds. The van der Waals surface area contributed by atoms with Gasteiger partial charge in [0.15, 0.2) is 0 Å². The lowest BCUT2D eigenvalue weighted by molar-refractivity contribution is 0.0917. The van der Waals surface area contributed by atoms with Crippen LogP contribution in [-0.4, -0.2) is 14.3 Å². The Kier molecular flexibility index (Phi) is 2.87. The molecule has 0 saturated carbocycles. The van der Waals surface area contributed by atoms with E-state index in [4.69, 9.17) is 40.1 Å². The van der Waals surface area contributed by atoms with Crippen LogP contribution in [-0.2, 0) is 0 Å². The van der Waals surface area contributed by atoms with E-state index in [-0.39, 0.29) is 5.56 Å². The van der Waals surface area contributed by atoms with Crippen LogP contribution >= 0.6 is 34.8 Å². The van der Waals surface area contributed by atoms with Crippen molar-refractivity contribution in [3.63, 3.8) is 0 Å². The maximum atomic E-state index is 11.2. The molecule has 0 saturated heterocycles. The first kappa shape index (κ1) is 10.4. The van der Waals surface area contributed by atoms with Crippen LogP contribution in [0.1, 0.15) is 10.4 Å². The number of alkyl halides is 3. The maximum absolute atomic E-state index is 11.2. The fraction of sp³-hybridized carbons (Fsp3) is 0.143. The topological polar surface area (TPSA) is 45.8 Å². The fourth-order valence-corrected chi connectivity index (χ4v) is 0.941. The lowest BCUT2D eigenvalue weighted by Crippen LogP contribution is -2.24. The van der Waals surface area contributed by atoms with E-state index in [0.717, 1.165) is 4.57 Å². The Morgan fingerprint density at radius 2 is 2.23 bits per heavy atom. The number of halogens is 3. The molecule has 0 aromatic carbocycles. The van der Waals surface area contributed by atoms with Crippen molar-refractivity contribution in [3.8, 4) is 6.07 Å². The Morgan fingerprint density at radius 1 is 1.62 bits per heavy atom. The molecule has 0 aliphatic carbocycles. The van der Waals surface area contributed by atoms with Gasteiger partial charge < -0.3 is 0 Å². The zero-order chi connectivity index (χ0) is 10.1. The van der Waals surface area contributed by atoms with Gasteiger partial charge in [0.05, 0.1) is 11.8 Å². The highest BCUT2D eigenvalue weighted by molar-refractivity contribution is 6.76. The molecule has 1 heterocycles. The third kappa shape index (κ3) is 2.38. The Hall–Kier alpha value is -0.690. The van der Waals surface area contributed by atoms with Crippen LogP contribution in [0.3, 0.4) is 0 Å². The van der Waals surface area contributed by atoms with Crippen molar-refractivity contribution in [2.75, 3.05) is 0 Å². The number of hydrogen-bond donors (Lipinski definition) is 0. The largest absolute Gasteiger partial charge is 0.283 e. The smallest absolute Gasteiger partial charge is 0.281 e. The van der Waals surface area contributed by atoms with Crippen molar-refractivity contribution >= 4 is 40.7 Å². The first-order valence-electron chi connectivity index (χ1n) is 3.07. The molecule has 0 unspecified atom stereocenters. The van der Waals surface area contributed by atoms with Gasteiger partial charge in [0, 0.05) is 6.20 Å². The van der Waals surface area contributed by atoms with Crippen molar-refractivity contribution in [2.24, 2.45) is 0 Å². The molecule has 0 aliphatic heterocycles. The van der Waals surface area contributed by atoms with E-state index < -0.39 is 9.70 Å². The zero-order valence-electron chi connectivity index (χ0n) is 6.09. The molecule has 0 fully saturated rings. The molecule has 3 nitrogen and oxygen atoms in total. The molecule has 0 atom stereocenters. The summed E-state index contributed by atoms with van der Waals surface area (Å²) >= 11 is 16.0. The minimum Gasteiger partial charge on any atom is -0.281 e. The van der Waals surface area contributed by atoms with Gasteiger partial charge in [-0.15, -0.1) is 0 Å². The van der Waals surface area contributed by atoms with Crippen LogP contribution in [0.5, 0.6) is 0 Å². The Bertz CT molecular complexity index is 372. The van der Waals surface area contributed by atoms with Crippen molar-refractivity contribution in [1.29, 1.82) is 5.26 Å². The maximum Gasteiger partial charge on any atom is 0.283 e. The minimum atomic E-state index is -2.03. The summed E-state index contributed by atoms with van der Waals surface area (Å²) < 4.78 is -1.09. The Balaban J connectivity index is 2.98. The average Bonchev–Trinajstić information content (AvgIpc) is 2.48. The summed E-state index contributed by atoms with van der Waals surface area (Å²) in [5.74, 6) is -0.765. The third-order valence-corrected chi connectivity index (χ3v) is 1.70. The summed E-state index contributed by atoms with van der Waals surface area (Å²) in [6.45, 7) is 0. The highest BCUT2D eigenvalue weighted by atomic mass is 35.6. The van der Waals surface area contributed by atoms with E-state index in [0.29, 0.717) is 0 Å². The second-order valence-electron chi connectivity index (χ2n) is 2.14. The van der Waals surface area contributed by atoms with Gasteiger partial charge in [-0.25, -0.2) is 0 Å². The van der Waals surface area contributed by atoms with Crippen molar-refractivity contribution in [2.45, 2.75) is 3.79 Å². The van der Waals surface area contributed by atoms with Crippen LogP contribution in [0.15, 0.2) is 12.3 Å². The van der Waals surface area contributed by atoms with E-state index >= 15 is 0 Å². The van der Waals surface area contributed by atoms with Gasteiger partial charge in [-0.1, -0.05) is 34.8 Å². The first-order chi connectivity index (χ1) is 5.95. The standard InChI is InChI=1S/C7H2Cl3N2O/c8-7(9,10)6(13)12-2-1-5(3-11)4-12/h1,4H. The molecule has 0 aliphatic rings. The quantitative estimate of drug-likeness (QED) is 0.648. The van der Waals surface area contributed by atoms with Crippen molar-refractivity contribution in [3.05, 3.63) is 24.0 Å². The van der Waals surface area contributed by atoms with E-state index in [1.54, 1.807) is 0 Å². The lowest BCUT2D eigenvalue weighted by Gasteiger charge is -2.08. The van der Waals surface area contributed by atoms with Gasteiger partial charge in [-0.2, -0.15) is 5.26 Å².